The van der Waals surface area contributed by atoms with Crippen molar-refractivity contribution in [2.24, 2.45) is 0 Å². The second-order valence-corrected chi connectivity index (χ2v) is 7.10. The average molecular weight is 393 g/mol. The molecule has 3 heterocycles. The van der Waals surface area contributed by atoms with Gasteiger partial charge in [0.1, 0.15) is 11.6 Å². The second kappa shape index (κ2) is 8.26. The van der Waals surface area contributed by atoms with Crippen LogP contribution in [-0.2, 0) is 0 Å². The Morgan fingerprint density at radius 3 is 2.55 bits per heavy atom. The minimum atomic E-state index is -0.133. The largest absolute Gasteiger partial charge is 0.495 e. The molecule has 0 radical (unpaired) electrons. The van der Waals surface area contributed by atoms with Gasteiger partial charge >= 0.3 is 0 Å². The third-order valence-electron chi connectivity index (χ3n) is 4.94. The first-order valence-corrected chi connectivity index (χ1v) is 9.53. The van der Waals surface area contributed by atoms with E-state index in [-0.39, 0.29) is 5.56 Å². The summed E-state index contributed by atoms with van der Waals surface area (Å²) in [7, 11) is 1.57. The minimum absolute atomic E-state index is 0.133. The molecular formula is C20H23N7O2. The van der Waals surface area contributed by atoms with E-state index < -0.39 is 0 Å². The first-order valence-electron chi connectivity index (χ1n) is 9.53. The number of nitrogens with zero attached hydrogens (tertiary/aromatic N) is 5. The highest BCUT2D eigenvalue weighted by Gasteiger charge is 2.25. The van der Waals surface area contributed by atoms with E-state index in [1.807, 2.05) is 19.1 Å². The van der Waals surface area contributed by atoms with E-state index in [2.05, 4.69) is 30.8 Å². The molecule has 9 heteroatoms. The fourth-order valence-electron chi connectivity index (χ4n) is 3.44. The smallest absolute Gasteiger partial charge is 0.255 e. The molecule has 150 valence electrons. The van der Waals surface area contributed by atoms with Gasteiger partial charge in [0.2, 0.25) is 5.95 Å². The SMILES string of the molecule is COc1ccc(=O)n(-c2ccc(N[C@H]3CC[C@H](Nc4ncc(C)nn4)C3)nc2)c1. The number of ether oxygens (including phenoxy) is 1. The summed E-state index contributed by atoms with van der Waals surface area (Å²) in [6.07, 6.45) is 8.03. The normalized spacial score (nSPS) is 18.4. The van der Waals surface area contributed by atoms with E-state index in [1.165, 1.54) is 10.6 Å². The summed E-state index contributed by atoms with van der Waals surface area (Å²) >= 11 is 0. The maximum atomic E-state index is 12.1. The fraction of sp³-hybridized carbons (Fsp3) is 0.350. The van der Waals surface area contributed by atoms with Crippen LogP contribution in [0, 0.1) is 6.92 Å². The molecule has 1 aliphatic rings. The highest BCUT2D eigenvalue weighted by molar-refractivity contribution is 5.42. The molecular weight excluding hydrogens is 370 g/mol. The molecule has 1 fully saturated rings. The number of nitrogens with one attached hydrogen (secondary N) is 2. The van der Waals surface area contributed by atoms with Crippen molar-refractivity contribution in [3.63, 3.8) is 0 Å². The lowest BCUT2D eigenvalue weighted by molar-refractivity contribution is 0.411. The molecule has 0 unspecified atom stereocenters. The summed E-state index contributed by atoms with van der Waals surface area (Å²) in [5.41, 5.74) is 1.35. The molecule has 0 bridgehead atoms. The van der Waals surface area contributed by atoms with Crippen molar-refractivity contribution in [1.29, 1.82) is 0 Å². The second-order valence-electron chi connectivity index (χ2n) is 7.10. The maximum absolute atomic E-state index is 12.1. The summed E-state index contributed by atoms with van der Waals surface area (Å²) in [5.74, 6) is 1.96. The van der Waals surface area contributed by atoms with Crippen molar-refractivity contribution in [2.75, 3.05) is 17.7 Å². The highest BCUT2D eigenvalue weighted by Crippen LogP contribution is 2.24. The van der Waals surface area contributed by atoms with Crippen LogP contribution in [-0.4, -0.2) is 43.9 Å². The van der Waals surface area contributed by atoms with Crippen LogP contribution in [0.25, 0.3) is 5.69 Å². The molecule has 0 spiro atoms. The van der Waals surface area contributed by atoms with E-state index in [9.17, 15) is 4.79 Å². The van der Waals surface area contributed by atoms with Gasteiger partial charge in [0.25, 0.3) is 5.56 Å². The van der Waals surface area contributed by atoms with Crippen molar-refractivity contribution in [3.05, 3.63) is 58.9 Å². The minimum Gasteiger partial charge on any atom is -0.495 e. The molecule has 4 rings (SSSR count). The van der Waals surface area contributed by atoms with Crippen molar-refractivity contribution in [3.8, 4) is 11.4 Å². The van der Waals surface area contributed by atoms with Crippen LogP contribution in [0.4, 0.5) is 11.8 Å². The zero-order chi connectivity index (χ0) is 20.2. The molecule has 0 aliphatic heterocycles. The van der Waals surface area contributed by atoms with Crippen molar-refractivity contribution >= 4 is 11.8 Å². The van der Waals surface area contributed by atoms with E-state index in [4.69, 9.17) is 4.74 Å². The molecule has 9 nitrogen and oxygen atoms in total. The number of anilines is 2. The van der Waals surface area contributed by atoms with Gasteiger partial charge in [0.15, 0.2) is 0 Å². The molecule has 2 N–H and O–H groups in total. The van der Waals surface area contributed by atoms with Crippen LogP contribution in [0.3, 0.4) is 0 Å². The molecule has 3 aromatic heterocycles. The molecule has 0 amide bonds. The Hall–Kier alpha value is -3.49. The van der Waals surface area contributed by atoms with E-state index in [0.29, 0.717) is 29.5 Å². The molecule has 0 saturated heterocycles. The molecule has 1 saturated carbocycles. The van der Waals surface area contributed by atoms with Crippen LogP contribution in [0.2, 0.25) is 0 Å². The van der Waals surface area contributed by atoms with Gasteiger partial charge in [0.05, 0.1) is 37.1 Å². The van der Waals surface area contributed by atoms with E-state index >= 15 is 0 Å². The Kier molecular flexibility index (Phi) is 5.37. The standard InChI is InChI=1S/C20H23N7O2/c1-13-10-22-20(26-25-13)24-15-4-3-14(9-15)23-18-7-5-16(11-21-18)27-12-17(29-2)6-8-19(27)28/h5-8,10-12,14-15H,3-4,9H2,1-2H3,(H,21,23)(H,22,24,26)/t14-,15-/m0/s1. The summed E-state index contributed by atoms with van der Waals surface area (Å²) in [6, 6.07) is 7.48. The van der Waals surface area contributed by atoms with Crippen molar-refractivity contribution < 1.29 is 4.74 Å². The van der Waals surface area contributed by atoms with Gasteiger partial charge in [-0.05, 0) is 44.4 Å². The van der Waals surface area contributed by atoms with E-state index in [1.54, 1.807) is 31.8 Å². The number of hydrogen-bond acceptors (Lipinski definition) is 8. The van der Waals surface area contributed by atoms with Crippen LogP contribution in [0.15, 0.2) is 47.7 Å². The van der Waals surface area contributed by atoms with Crippen molar-refractivity contribution in [1.82, 2.24) is 24.7 Å². The number of aryl methyl sites for hydroxylation is 1. The van der Waals surface area contributed by atoms with Gasteiger partial charge < -0.3 is 15.4 Å². The number of aromatic nitrogens is 5. The third-order valence-corrected chi connectivity index (χ3v) is 4.94. The van der Waals surface area contributed by atoms with Gasteiger partial charge in [-0.2, -0.15) is 5.10 Å². The zero-order valence-corrected chi connectivity index (χ0v) is 16.4. The van der Waals surface area contributed by atoms with Crippen LogP contribution < -0.4 is 20.9 Å². The monoisotopic (exact) mass is 393 g/mol. The topological polar surface area (TPSA) is 107 Å². The lowest BCUT2D eigenvalue weighted by Gasteiger charge is -2.15. The zero-order valence-electron chi connectivity index (χ0n) is 16.4. The van der Waals surface area contributed by atoms with Gasteiger partial charge in [-0.25, -0.2) is 9.97 Å². The average Bonchev–Trinajstić information content (AvgIpc) is 3.17. The fourth-order valence-corrected chi connectivity index (χ4v) is 3.44. The molecule has 1 aliphatic carbocycles. The Morgan fingerprint density at radius 1 is 1.03 bits per heavy atom. The molecule has 3 aromatic rings. The maximum Gasteiger partial charge on any atom is 0.255 e. The first kappa shape index (κ1) is 18.9. The first-order chi connectivity index (χ1) is 14.1. The summed E-state index contributed by atoms with van der Waals surface area (Å²) < 4.78 is 6.71. The predicted molar refractivity (Wildman–Crippen MR) is 110 cm³/mol. The van der Waals surface area contributed by atoms with Gasteiger partial charge in [-0.1, -0.05) is 0 Å². The number of rotatable bonds is 6. The number of pyridine rings is 2. The number of methoxy groups -OCH3 is 1. The lowest BCUT2D eigenvalue weighted by Crippen LogP contribution is -2.22. The quantitative estimate of drug-likeness (QED) is 0.656. The van der Waals surface area contributed by atoms with Gasteiger partial charge in [-0.15, -0.1) is 5.10 Å². The Labute approximate surface area is 168 Å². The molecule has 29 heavy (non-hydrogen) atoms. The molecule has 2 atom stereocenters. The summed E-state index contributed by atoms with van der Waals surface area (Å²) in [4.78, 5) is 20.8. The summed E-state index contributed by atoms with van der Waals surface area (Å²) in [5, 5.41) is 14.9. The Morgan fingerprint density at radius 2 is 1.86 bits per heavy atom. The highest BCUT2D eigenvalue weighted by atomic mass is 16.5. The Bertz CT molecular complexity index is 1020. The Balaban J connectivity index is 1.37. The third kappa shape index (κ3) is 4.50. The van der Waals surface area contributed by atoms with Crippen LogP contribution in [0.1, 0.15) is 25.0 Å². The van der Waals surface area contributed by atoms with Gasteiger partial charge in [-0.3, -0.25) is 9.36 Å². The lowest BCUT2D eigenvalue weighted by atomic mass is 10.2. The number of hydrogen-bond donors (Lipinski definition) is 2. The van der Waals surface area contributed by atoms with Crippen molar-refractivity contribution in [2.45, 2.75) is 38.3 Å². The van der Waals surface area contributed by atoms with E-state index in [0.717, 1.165) is 30.8 Å². The van der Waals surface area contributed by atoms with Crippen LogP contribution in [0.5, 0.6) is 5.75 Å². The van der Waals surface area contributed by atoms with Gasteiger partial charge in [0, 0.05) is 18.2 Å². The van der Waals surface area contributed by atoms with Crippen LogP contribution >= 0.6 is 0 Å². The molecule has 0 aromatic carbocycles. The summed E-state index contributed by atoms with van der Waals surface area (Å²) in [6.45, 7) is 1.86. The predicted octanol–water partition coefficient (Wildman–Crippen LogP) is 2.18.